The summed E-state index contributed by atoms with van der Waals surface area (Å²) in [4.78, 5) is 0. The molecule has 4 heteroatoms. The predicted molar refractivity (Wildman–Crippen MR) is 109 cm³/mol. The average Bonchev–Trinajstić information content (AvgIpc) is 3.32. The standard InChI is InChI=1S/C20H30N2.2ClH/c1-2-17(12-15-6-4-3-5-7-15)19-13-20(19)22-14-16-8-10-18(21)11-9-16;;/h3-7,12,16,18-20,22H,2,8-11,13-14,21H2,1H3;2*1H/b17-12+;;/t16-,18-,19?,20?;;. The fraction of sp³-hybridized carbons (Fsp3) is 0.600. The molecule has 0 radical (unpaired) electrons. The first kappa shape index (κ1) is 21.5. The predicted octanol–water partition coefficient (Wildman–Crippen LogP) is 4.82. The Morgan fingerprint density at radius 1 is 1.12 bits per heavy atom. The van der Waals surface area contributed by atoms with Gasteiger partial charge in [-0.05, 0) is 62.5 Å². The maximum Gasteiger partial charge on any atom is 0.0140 e. The molecule has 2 aliphatic carbocycles. The van der Waals surface area contributed by atoms with Gasteiger partial charge in [-0.1, -0.05) is 48.9 Å². The monoisotopic (exact) mass is 370 g/mol. The highest BCUT2D eigenvalue weighted by Crippen LogP contribution is 2.40. The van der Waals surface area contributed by atoms with E-state index < -0.39 is 0 Å². The molecule has 24 heavy (non-hydrogen) atoms. The van der Waals surface area contributed by atoms with Crippen molar-refractivity contribution in [3.8, 4) is 0 Å². The van der Waals surface area contributed by atoms with E-state index in [0.29, 0.717) is 12.1 Å². The van der Waals surface area contributed by atoms with Crippen LogP contribution in [0.15, 0.2) is 35.9 Å². The molecule has 0 aliphatic heterocycles. The molecule has 2 aliphatic rings. The maximum absolute atomic E-state index is 5.99. The molecule has 3 rings (SSSR count). The lowest BCUT2D eigenvalue weighted by molar-refractivity contribution is 0.313. The number of halogens is 2. The number of nitrogens with one attached hydrogen (secondary N) is 1. The Balaban J connectivity index is 0.00000144. The van der Waals surface area contributed by atoms with Crippen molar-refractivity contribution in [3.63, 3.8) is 0 Å². The zero-order valence-electron chi connectivity index (χ0n) is 14.6. The first-order chi connectivity index (χ1) is 10.8. The van der Waals surface area contributed by atoms with Crippen molar-refractivity contribution >= 4 is 30.9 Å². The molecule has 3 N–H and O–H groups in total. The highest BCUT2D eigenvalue weighted by Gasteiger charge is 2.39. The summed E-state index contributed by atoms with van der Waals surface area (Å²) in [5, 5.41) is 3.81. The van der Waals surface area contributed by atoms with Crippen LogP contribution in [0.1, 0.15) is 51.0 Å². The lowest BCUT2D eigenvalue weighted by Crippen LogP contribution is -2.32. The van der Waals surface area contributed by atoms with E-state index in [4.69, 9.17) is 5.73 Å². The molecular weight excluding hydrogens is 339 g/mol. The van der Waals surface area contributed by atoms with Crippen LogP contribution < -0.4 is 11.1 Å². The molecule has 0 amide bonds. The van der Waals surface area contributed by atoms with Gasteiger partial charge in [0.1, 0.15) is 0 Å². The lowest BCUT2D eigenvalue weighted by Gasteiger charge is -2.26. The van der Waals surface area contributed by atoms with Crippen molar-refractivity contribution in [2.24, 2.45) is 17.6 Å². The Kier molecular flexibility index (Phi) is 9.36. The van der Waals surface area contributed by atoms with Crippen LogP contribution in [0, 0.1) is 11.8 Å². The summed E-state index contributed by atoms with van der Waals surface area (Å²) < 4.78 is 0. The zero-order valence-corrected chi connectivity index (χ0v) is 16.3. The van der Waals surface area contributed by atoms with Crippen molar-refractivity contribution in [2.75, 3.05) is 6.54 Å². The second-order valence-electron chi connectivity index (χ2n) is 7.12. The van der Waals surface area contributed by atoms with E-state index in [1.165, 1.54) is 44.2 Å². The van der Waals surface area contributed by atoms with E-state index in [2.05, 4.69) is 48.6 Å². The van der Waals surface area contributed by atoms with Crippen LogP contribution in [-0.4, -0.2) is 18.6 Å². The van der Waals surface area contributed by atoms with Crippen molar-refractivity contribution < 1.29 is 0 Å². The number of hydrogen-bond donors (Lipinski definition) is 2. The first-order valence-corrected chi connectivity index (χ1v) is 9.00. The van der Waals surface area contributed by atoms with E-state index in [1.807, 2.05) is 0 Å². The van der Waals surface area contributed by atoms with E-state index in [9.17, 15) is 0 Å². The van der Waals surface area contributed by atoms with Gasteiger partial charge < -0.3 is 11.1 Å². The molecule has 2 saturated carbocycles. The molecular formula is C20H32Cl2N2. The topological polar surface area (TPSA) is 38.0 Å². The summed E-state index contributed by atoms with van der Waals surface area (Å²) in [7, 11) is 0. The second-order valence-corrected chi connectivity index (χ2v) is 7.12. The van der Waals surface area contributed by atoms with Crippen LogP contribution in [0.2, 0.25) is 0 Å². The van der Waals surface area contributed by atoms with Crippen molar-refractivity contribution in [1.29, 1.82) is 0 Å². The summed E-state index contributed by atoms with van der Waals surface area (Å²) in [5.41, 5.74) is 8.94. The van der Waals surface area contributed by atoms with Crippen LogP contribution in [-0.2, 0) is 0 Å². The van der Waals surface area contributed by atoms with Crippen LogP contribution in [0.5, 0.6) is 0 Å². The quantitative estimate of drug-likeness (QED) is 0.752. The van der Waals surface area contributed by atoms with Gasteiger partial charge in [0.05, 0.1) is 0 Å². The molecule has 1 aromatic carbocycles. The van der Waals surface area contributed by atoms with Gasteiger partial charge in [-0.2, -0.15) is 0 Å². The van der Waals surface area contributed by atoms with Crippen LogP contribution in [0.25, 0.3) is 6.08 Å². The Bertz CT molecular complexity index is 496. The Morgan fingerprint density at radius 3 is 2.42 bits per heavy atom. The Morgan fingerprint density at radius 2 is 1.79 bits per heavy atom. The van der Waals surface area contributed by atoms with Gasteiger partial charge in [-0.25, -0.2) is 0 Å². The number of benzene rings is 1. The SMILES string of the molecule is CC/C(=C\c1ccccc1)C1CC1NC[C@H]1CC[C@H](N)CC1.Cl.Cl. The summed E-state index contributed by atoms with van der Waals surface area (Å²) in [6.07, 6.45) is 9.93. The van der Waals surface area contributed by atoms with Gasteiger partial charge in [-0.15, -0.1) is 24.8 Å². The largest absolute Gasteiger partial charge is 0.328 e. The molecule has 1 aromatic rings. The molecule has 0 spiro atoms. The molecule has 0 aromatic heterocycles. The molecule has 2 fully saturated rings. The summed E-state index contributed by atoms with van der Waals surface area (Å²) in [5.74, 6) is 1.61. The molecule has 0 saturated heterocycles. The molecule has 2 nitrogen and oxygen atoms in total. The minimum atomic E-state index is 0. The summed E-state index contributed by atoms with van der Waals surface area (Å²) >= 11 is 0. The average molecular weight is 371 g/mol. The van der Waals surface area contributed by atoms with Crippen molar-refractivity contribution in [3.05, 3.63) is 41.5 Å². The van der Waals surface area contributed by atoms with Crippen LogP contribution >= 0.6 is 24.8 Å². The van der Waals surface area contributed by atoms with Gasteiger partial charge in [0.15, 0.2) is 0 Å². The van der Waals surface area contributed by atoms with Gasteiger partial charge in [0.2, 0.25) is 0 Å². The number of nitrogens with two attached hydrogens (primary N) is 1. The van der Waals surface area contributed by atoms with Gasteiger partial charge in [0, 0.05) is 12.1 Å². The third kappa shape index (κ3) is 6.07. The first-order valence-electron chi connectivity index (χ1n) is 9.00. The minimum absolute atomic E-state index is 0. The van der Waals surface area contributed by atoms with Crippen LogP contribution in [0.4, 0.5) is 0 Å². The third-order valence-corrected chi connectivity index (χ3v) is 5.39. The van der Waals surface area contributed by atoms with Crippen molar-refractivity contribution in [2.45, 2.75) is 57.5 Å². The van der Waals surface area contributed by atoms with Gasteiger partial charge >= 0.3 is 0 Å². The minimum Gasteiger partial charge on any atom is -0.328 e. The van der Waals surface area contributed by atoms with E-state index >= 15 is 0 Å². The summed E-state index contributed by atoms with van der Waals surface area (Å²) in [6.45, 7) is 3.48. The summed E-state index contributed by atoms with van der Waals surface area (Å²) in [6, 6.07) is 11.9. The fourth-order valence-electron chi connectivity index (χ4n) is 3.78. The lowest BCUT2D eigenvalue weighted by atomic mass is 9.86. The fourth-order valence-corrected chi connectivity index (χ4v) is 3.78. The number of rotatable bonds is 6. The van der Waals surface area contributed by atoms with Crippen LogP contribution in [0.3, 0.4) is 0 Å². The molecule has 0 bridgehead atoms. The molecule has 2 atom stereocenters. The highest BCUT2D eigenvalue weighted by atomic mass is 35.5. The maximum atomic E-state index is 5.99. The smallest absolute Gasteiger partial charge is 0.0140 e. The van der Waals surface area contributed by atoms with E-state index in [0.717, 1.165) is 18.3 Å². The Hall–Kier alpha value is -0.540. The highest BCUT2D eigenvalue weighted by molar-refractivity contribution is 5.85. The van der Waals surface area contributed by atoms with E-state index in [-0.39, 0.29) is 24.8 Å². The molecule has 2 unspecified atom stereocenters. The molecule has 136 valence electrons. The van der Waals surface area contributed by atoms with E-state index in [1.54, 1.807) is 5.57 Å². The molecule has 0 heterocycles. The zero-order chi connectivity index (χ0) is 15.4. The van der Waals surface area contributed by atoms with Gasteiger partial charge in [-0.3, -0.25) is 0 Å². The van der Waals surface area contributed by atoms with Crippen molar-refractivity contribution in [1.82, 2.24) is 5.32 Å². The number of hydrogen-bond acceptors (Lipinski definition) is 2. The second kappa shape index (κ2) is 10.5. The Labute approximate surface area is 159 Å². The normalized spacial score (nSPS) is 29.3. The third-order valence-electron chi connectivity index (χ3n) is 5.39. The van der Waals surface area contributed by atoms with Gasteiger partial charge in [0.25, 0.3) is 0 Å².